The molecule has 0 aliphatic rings. The first-order valence-electron chi connectivity index (χ1n) is 12.3. The summed E-state index contributed by atoms with van der Waals surface area (Å²) in [5, 5.41) is 1.03. The van der Waals surface area contributed by atoms with Crippen LogP contribution in [0.3, 0.4) is 0 Å². The molecule has 0 fully saturated rings. The first kappa shape index (κ1) is 21.3. The third-order valence-corrected chi connectivity index (χ3v) is 6.86. The second-order valence-electron chi connectivity index (χ2n) is 9.08. The lowest BCUT2D eigenvalue weighted by Crippen LogP contribution is -1.89. The van der Waals surface area contributed by atoms with Crippen LogP contribution >= 0.6 is 0 Å². The molecule has 3 heteroatoms. The van der Waals surface area contributed by atoms with Crippen molar-refractivity contribution in [3.63, 3.8) is 0 Å². The zero-order valence-corrected chi connectivity index (χ0v) is 20.0. The topological polar surface area (TPSA) is 38.9 Å². The summed E-state index contributed by atoms with van der Waals surface area (Å²) in [6.07, 6.45) is 5.55. The lowest BCUT2D eigenvalue weighted by molar-refractivity contribution is 0.669. The highest BCUT2D eigenvalue weighted by Crippen LogP contribution is 2.40. The first-order valence-corrected chi connectivity index (χ1v) is 12.3. The summed E-state index contributed by atoms with van der Waals surface area (Å²) < 4.78 is 6.30. The van der Waals surface area contributed by atoms with Gasteiger partial charge in [-0.1, -0.05) is 72.8 Å². The third kappa shape index (κ3) is 3.78. The number of rotatable bonds is 4. The fourth-order valence-corrected chi connectivity index (χ4v) is 5.06. The number of furan rings is 1. The summed E-state index contributed by atoms with van der Waals surface area (Å²) in [5.74, 6) is 0. The number of aromatic nitrogens is 2. The summed E-state index contributed by atoms with van der Waals surface area (Å²) in [6, 6.07) is 40.1. The molecule has 0 spiro atoms. The Balaban J connectivity index is 1.45. The average molecular weight is 475 g/mol. The van der Waals surface area contributed by atoms with Crippen molar-refractivity contribution >= 4 is 22.1 Å². The molecule has 0 saturated carbocycles. The molecule has 0 radical (unpaired) electrons. The number of fused-ring (bicyclic) bond motifs is 3. The Morgan fingerprint density at radius 1 is 0.459 bits per heavy atom. The van der Waals surface area contributed by atoms with Crippen molar-refractivity contribution in [2.24, 2.45) is 0 Å². The van der Waals surface area contributed by atoms with Crippen LogP contribution in [0, 0.1) is 0 Å². The Hall–Kier alpha value is -5.02. The van der Waals surface area contributed by atoms with Crippen LogP contribution in [0.25, 0.3) is 66.6 Å². The highest BCUT2D eigenvalue weighted by molar-refractivity contribution is 6.07. The molecule has 0 unspecified atom stereocenters. The molecule has 4 aromatic carbocycles. The Morgan fingerprint density at radius 2 is 1.22 bits per heavy atom. The van der Waals surface area contributed by atoms with E-state index in [9.17, 15) is 0 Å². The molecule has 7 rings (SSSR count). The lowest BCUT2D eigenvalue weighted by Gasteiger charge is -2.14. The molecule has 3 aromatic heterocycles. The van der Waals surface area contributed by atoms with Gasteiger partial charge in [0.25, 0.3) is 0 Å². The average Bonchev–Trinajstić information content (AvgIpc) is 3.37. The van der Waals surface area contributed by atoms with Crippen molar-refractivity contribution in [1.82, 2.24) is 9.97 Å². The van der Waals surface area contributed by atoms with Gasteiger partial charge in [-0.2, -0.15) is 0 Å². The van der Waals surface area contributed by atoms with Crippen LogP contribution in [0.1, 0.15) is 0 Å². The molecular formula is C34H22N2O. The van der Waals surface area contributed by atoms with Crippen LogP contribution < -0.4 is 0 Å². The van der Waals surface area contributed by atoms with Gasteiger partial charge < -0.3 is 4.42 Å². The van der Waals surface area contributed by atoms with Gasteiger partial charge in [-0.15, -0.1) is 0 Å². The monoisotopic (exact) mass is 474 g/mol. The molecular weight excluding hydrogens is 452 g/mol. The summed E-state index contributed by atoms with van der Waals surface area (Å²) in [5.41, 5.74) is 11.7. The standard InChI is InChI=1S/C34H22N2O/c1-2-7-23(8-3-1)25-9-6-10-26(21-25)31-22-27(13-14-28(31)24-15-18-35-19-16-24)29-17-20-36-33-30-11-4-5-12-32(30)37-34(29)33/h1-22H. The molecule has 3 nitrogen and oxygen atoms in total. The van der Waals surface area contributed by atoms with Gasteiger partial charge in [0.2, 0.25) is 0 Å². The normalized spacial score (nSPS) is 11.2. The molecule has 174 valence electrons. The zero-order chi connectivity index (χ0) is 24.6. The van der Waals surface area contributed by atoms with Crippen LogP contribution in [0.5, 0.6) is 0 Å². The molecule has 0 aliphatic heterocycles. The lowest BCUT2D eigenvalue weighted by atomic mass is 9.90. The Labute approximate surface area is 214 Å². The van der Waals surface area contributed by atoms with Crippen LogP contribution in [0.4, 0.5) is 0 Å². The van der Waals surface area contributed by atoms with Crippen LogP contribution in [0.2, 0.25) is 0 Å². The van der Waals surface area contributed by atoms with Crippen molar-refractivity contribution in [2.75, 3.05) is 0 Å². The zero-order valence-electron chi connectivity index (χ0n) is 20.0. The summed E-state index contributed by atoms with van der Waals surface area (Å²) in [6.45, 7) is 0. The third-order valence-electron chi connectivity index (χ3n) is 6.86. The van der Waals surface area contributed by atoms with Crippen LogP contribution in [0.15, 0.2) is 138 Å². The number of hydrogen-bond donors (Lipinski definition) is 0. The van der Waals surface area contributed by atoms with Gasteiger partial charge in [0.15, 0.2) is 5.58 Å². The molecule has 0 N–H and O–H groups in total. The van der Waals surface area contributed by atoms with Crippen molar-refractivity contribution in [3.8, 4) is 44.5 Å². The molecule has 7 aromatic rings. The highest BCUT2D eigenvalue weighted by atomic mass is 16.3. The molecule has 0 saturated heterocycles. The van der Waals surface area contributed by atoms with Gasteiger partial charge in [0.05, 0.1) is 0 Å². The fraction of sp³-hybridized carbons (Fsp3) is 0. The molecule has 0 amide bonds. The number of benzene rings is 4. The molecule has 0 bridgehead atoms. The largest absolute Gasteiger partial charge is 0.454 e. The minimum atomic E-state index is 0.810. The Kier molecular flexibility index (Phi) is 5.11. The minimum Gasteiger partial charge on any atom is -0.454 e. The van der Waals surface area contributed by atoms with E-state index in [-0.39, 0.29) is 0 Å². The van der Waals surface area contributed by atoms with Crippen LogP contribution in [-0.4, -0.2) is 9.97 Å². The van der Waals surface area contributed by atoms with E-state index in [4.69, 9.17) is 4.42 Å². The summed E-state index contributed by atoms with van der Waals surface area (Å²) in [4.78, 5) is 8.87. The van der Waals surface area contributed by atoms with E-state index in [1.807, 2.05) is 48.9 Å². The summed E-state index contributed by atoms with van der Waals surface area (Å²) in [7, 11) is 0. The molecule has 0 aliphatic carbocycles. The predicted molar refractivity (Wildman–Crippen MR) is 151 cm³/mol. The van der Waals surface area contributed by atoms with Gasteiger partial charge in [-0.3, -0.25) is 9.97 Å². The van der Waals surface area contributed by atoms with Gasteiger partial charge in [-0.25, -0.2) is 0 Å². The van der Waals surface area contributed by atoms with E-state index in [0.29, 0.717) is 0 Å². The minimum absolute atomic E-state index is 0.810. The van der Waals surface area contributed by atoms with Crippen molar-refractivity contribution in [3.05, 3.63) is 134 Å². The maximum atomic E-state index is 6.30. The molecule has 37 heavy (non-hydrogen) atoms. The van der Waals surface area contributed by atoms with E-state index >= 15 is 0 Å². The van der Waals surface area contributed by atoms with Crippen LogP contribution in [-0.2, 0) is 0 Å². The van der Waals surface area contributed by atoms with Gasteiger partial charge >= 0.3 is 0 Å². The number of pyridine rings is 2. The number of nitrogens with zero attached hydrogens (tertiary/aromatic N) is 2. The Morgan fingerprint density at radius 3 is 2.11 bits per heavy atom. The first-order chi connectivity index (χ1) is 18.3. The maximum Gasteiger partial charge on any atom is 0.161 e. The summed E-state index contributed by atoms with van der Waals surface area (Å²) >= 11 is 0. The van der Waals surface area contributed by atoms with E-state index < -0.39 is 0 Å². The van der Waals surface area contributed by atoms with E-state index in [1.54, 1.807) is 0 Å². The SMILES string of the molecule is c1ccc(-c2cccc(-c3cc(-c4ccnc5c4oc4ccccc45)ccc3-c3ccncc3)c2)cc1. The number of para-hydroxylation sites is 1. The second kappa shape index (κ2) is 8.89. The van der Waals surface area contributed by atoms with E-state index in [2.05, 4.69) is 94.9 Å². The Bertz CT molecular complexity index is 1870. The van der Waals surface area contributed by atoms with Gasteiger partial charge in [-0.05, 0) is 81.4 Å². The predicted octanol–water partition coefficient (Wildman–Crippen LogP) is 9.04. The van der Waals surface area contributed by atoms with Crippen molar-refractivity contribution in [1.29, 1.82) is 0 Å². The van der Waals surface area contributed by atoms with E-state index in [1.165, 1.54) is 11.1 Å². The van der Waals surface area contributed by atoms with Gasteiger partial charge in [0.1, 0.15) is 11.1 Å². The smallest absolute Gasteiger partial charge is 0.161 e. The number of hydrogen-bond acceptors (Lipinski definition) is 3. The van der Waals surface area contributed by atoms with Crippen molar-refractivity contribution < 1.29 is 4.42 Å². The highest BCUT2D eigenvalue weighted by Gasteiger charge is 2.16. The molecule has 3 heterocycles. The fourth-order valence-electron chi connectivity index (χ4n) is 5.06. The van der Waals surface area contributed by atoms with E-state index in [0.717, 1.165) is 55.4 Å². The van der Waals surface area contributed by atoms with Crippen molar-refractivity contribution in [2.45, 2.75) is 0 Å². The van der Waals surface area contributed by atoms with Gasteiger partial charge in [0, 0.05) is 29.5 Å². The second-order valence-corrected chi connectivity index (χ2v) is 9.08. The maximum absolute atomic E-state index is 6.30. The quantitative estimate of drug-likeness (QED) is 0.255. The molecule has 0 atom stereocenters.